The van der Waals surface area contributed by atoms with Gasteiger partial charge in [0.1, 0.15) is 0 Å². The zero-order chi connectivity index (χ0) is 8.39. The van der Waals surface area contributed by atoms with Crippen LogP contribution in [0.25, 0.3) is 0 Å². The highest BCUT2D eigenvalue weighted by Gasteiger charge is 2.10. The quantitative estimate of drug-likeness (QED) is 0.712. The lowest BCUT2D eigenvalue weighted by molar-refractivity contribution is 0.855. The first-order valence-electron chi connectivity index (χ1n) is 4.07. The van der Waals surface area contributed by atoms with Gasteiger partial charge in [-0.2, -0.15) is 0 Å². The van der Waals surface area contributed by atoms with Crippen LogP contribution in [0.4, 0.5) is 5.69 Å². The van der Waals surface area contributed by atoms with Gasteiger partial charge in [0.2, 0.25) is 0 Å². The number of hydrogen-bond acceptors (Lipinski definition) is 2. The van der Waals surface area contributed by atoms with Gasteiger partial charge in [-0.25, -0.2) is 0 Å². The fraction of sp³-hybridized carbons (Fsp3) is 0.333. The van der Waals surface area contributed by atoms with E-state index in [9.17, 15) is 0 Å². The van der Waals surface area contributed by atoms with E-state index in [-0.39, 0.29) is 0 Å². The van der Waals surface area contributed by atoms with Crippen molar-refractivity contribution in [3.05, 3.63) is 29.3 Å². The van der Waals surface area contributed by atoms with Gasteiger partial charge in [0.05, 0.1) is 6.67 Å². The highest BCUT2D eigenvalue weighted by molar-refractivity contribution is 6.30. The molecule has 0 unspecified atom stereocenters. The van der Waals surface area contributed by atoms with Crippen LogP contribution in [0.15, 0.2) is 24.3 Å². The maximum absolute atomic E-state index is 5.88. The Kier molecular flexibility index (Phi) is 2.19. The minimum atomic E-state index is 0.805. The molecule has 1 heterocycles. The van der Waals surface area contributed by atoms with E-state index in [4.69, 9.17) is 11.6 Å². The van der Waals surface area contributed by atoms with Crippen LogP contribution in [0.5, 0.6) is 0 Å². The van der Waals surface area contributed by atoms with Crippen molar-refractivity contribution in [3.63, 3.8) is 0 Å². The summed E-state index contributed by atoms with van der Waals surface area (Å²) in [4.78, 5) is 2.27. The predicted octanol–water partition coefficient (Wildman–Crippen LogP) is 1.71. The number of hydrogen-bond donors (Lipinski definition) is 1. The van der Waals surface area contributed by atoms with E-state index in [1.165, 1.54) is 5.69 Å². The van der Waals surface area contributed by atoms with Crippen molar-refractivity contribution in [1.82, 2.24) is 5.32 Å². The summed E-state index contributed by atoms with van der Waals surface area (Å²) >= 11 is 5.88. The van der Waals surface area contributed by atoms with Crippen molar-refractivity contribution < 1.29 is 0 Å². The summed E-state index contributed by atoms with van der Waals surface area (Å²) in [6.45, 7) is 3.06. The molecule has 2 nitrogen and oxygen atoms in total. The summed E-state index contributed by atoms with van der Waals surface area (Å²) in [7, 11) is 0. The normalized spacial score (nSPS) is 16.9. The van der Waals surface area contributed by atoms with Crippen LogP contribution < -0.4 is 10.2 Å². The van der Waals surface area contributed by atoms with E-state index in [1.807, 2.05) is 18.2 Å². The Labute approximate surface area is 77.1 Å². The Bertz CT molecular complexity index is 269. The highest BCUT2D eigenvalue weighted by Crippen LogP contribution is 2.19. The Morgan fingerprint density at radius 2 is 2.33 bits per heavy atom. The minimum Gasteiger partial charge on any atom is -0.357 e. The van der Waals surface area contributed by atoms with Gasteiger partial charge in [0.25, 0.3) is 0 Å². The van der Waals surface area contributed by atoms with Crippen molar-refractivity contribution in [3.8, 4) is 0 Å². The monoisotopic (exact) mass is 182 g/mol. The zero-order valence-corrected chi connectivity index (χ0v) is 7.51. The molecule has 0 radical (unpaired) electrons. The van der Waals surface area contributed by atoms with Gasteiger partial charge in [0.15, 0.2) is 0 Å². The molecule has 1 saturated heterocycles. The molecule has 1 aromatic carbocycles. The molecular formula is C9H11ClN2. The van der Waals surface area contributed by atoms with Crippen LogP contribution in [0, 0.1) is 0 Å². The fourth-order valence-corrected chi connectivity index (χ4v) is 1.58. The first-order valence-corrected chi connectivity index (χ1v) is 4.45. The molecule has 0 bridgehead atoms. The Hall–Kier alpha value is -0.730. The second kappa shape index (κ2) is 3.33. The second-order valence-corrected chi connectivity index (χ2v) is 3.34. The average Bonchev–Trinajstić information content (AvgIpc) is 2.56. The minimum absolute atomic E-state index is 0.805. The molecule has 0 aliphatic carbocycles. The van der Waals surface area contributed by atoms with Crippen molar-refractivity contribution >= 4 is 17.3 Å². The van der Waals surface area contributed by atoms with Crippen LogP contribution in [-0.2, 0) is 0 Å². The third-order valence-corrected chi connectivity index (χ3v) is 2.27. The molecule has 0 amide bonds. The van der Waals surface area contributed by atoms with Gasteiger partial charge in [-0.05, 0) is 18.2 Å². The van der Waals surface area contributed by atoms with Crippen molar-refractivity contribution in [2.75, 3.05) is 24.7 Å². The molecule has 3 heteroatoms. The highest BCUT2D eigenvalue weighted by atomic mass is 35.5. The van der Waals surface area contributed by atoms with Crippen LogP contribution in [0.1, 0.15) is 0 Å². The molecule has 1 N–H and O–H groups in total. The molecule has 0 atom stereocenters. The summed E-state index contributed by atoms with van der Waals surface area (Å²) in [5.41, 5.74) is 1.20. The first kappa shape index (κ1) is 7.90. The van der Waals surface area contributed by atoms with Crippen LogP contribution >= 0.6 is 11.6 Å². The average molecular weight is 183 g/mol. The standard InChI is InChI=1S/C9H11ClN2/c10-8-2-1-3-9(6-8)12-5-4-11-7-12/h1-3,6,11H,4-5,7H2. The van der Waals surface area contributed by atoms with E-state index in [0.29, 0.717) is 0 Å². The van der Waals surface area contributed by atoms with E-state index in [2.05, 4.69) is 16.3 Å². The molecule has 0 spiro atoms. The molecular weight excluding hydrogens is 172 g/mol. The first-order chi connectivity index (χ1) is 5.86. The lowest BCUT2D eigenvalue weighted by Gasteiger charge is -2.16. The molecule has 0 saturated carbocycles. The fourth-order valence-electron chi connectivity index (χ4n) is 1.40. The third kappa shape index (κ3) is 1.54. The molecule has 1 aromatic rings. The molecule has 2 rings (SSSR count). The Morgan fingerprint density at radius 3 is 3.00 bits per heavy atom. The maximum Gasteiger partial charge on any atom is 0.0683 e. The SMILES string of the molecule is Clc1cccc(N2CCNC2)c1. The van der Waals surface area contributed by atoms with Gasteiger partial charge in [-0.15, -0.1) is 0 Å². The number of nitrogens with zero attached hydrogens (tertiary/aromatic N) is 1. The summed E-state index contributed by atoms with van der Waals surface area (Å²) in [5.74, 6) is 0. The summed E-state index contributed by atoms with van der Waals surface area (Å²) in [6, 6.07) is 7.96. The zero-order valence-electron chi connectivity index (χ0n) is 6.76. The lowest BCUT2D eigenvalue weighted by atomic mass is 10.3. The number of benzene rings is 1. The van der Waals surface area contributed by atoms with Crippen molar-refractivity contribution in [1.29, 1.82) is 0 Å². The molecule has 0 aromatic heterocycles. The van der Waals surface area contributed by atoms with Crippen LogP contribution in [0.3, 0.4) is 0 Å². The second-order valence-electron chi connectivity index (χ2n) is 2.90. The van der Waals surface area contributed by atoms with Gasteiger partial charge in [-0.1, -0.05) is 17.7 Å². The number of nitrogens with one attached hydrogen (secondary N) is 1. The van der Waals surface area contributed by atoms with Crippen molar-refractivity contribution in [2.24, 2.45) is 0 Å². The van der Waals surface area contributed by atoms with E-state index in [0.717, 1.165) is 24.8 Å². The summed E-state index contributed by atoms with van der Waals surface area (Å²) in [5, 5.41) is 4.08. The van der Waals surface area contributed by atoms with E-state index in [1.54, 1.807) is 0 Å². The lowest BCUT2D eigenvalue weighted by Crippen LogP contribution is -2.20. The van der Waals surface area contributed by atoms with E-state index < -0.39 is 0 Å². The molecule has 1 aliphatic rings. The molecule has 12 heavy (non-hydrogen) atoms. The van der Waals surface area contributed by atoms with Gasteiger partial charge >= 0.3 is 0 Å². The van der Waals surface area contributed by atoms with Crippen molar-refractivity contribution in [2.45, 2.75) is 0 Å². The Balaban J connectivity index is 2.21. The molecule has 64 valence electrons. The van der Waals surface area contributed by atoms with Gasteiger partial charge < -0.3 is 4.90 Å². The van der Waals surface area contributed by atoms with Crippen LogP contribution in [-0.4, -0.2) is 19.8 Å². The van der Waals surface area contributed by atoms with E-state index >= 15 is 0 Å². The third-order valence-electron chi connectivity index (χ3n) is 2.03. The maximum atomic E-state index is 5.88. The number of anilines is 1. The Morgan fingerprint density at radius 1 is 1.42 bits per heavy atom. The molecule has 1 fully saturated rings. The number of halogens is 1. The van der Waals surface area contributed by atoms with Gasteiger partial charge in [0, 0.05) is 23.8 Å². The largest absolute Gasteiger partial charge is 0.357 e. The topological polar surface area (TPSA) is 15.3 Å². The predicted molar refractivity (Wildman–Crippen MR) is 51.7 cm³/mol. The summed E-state index contributed by atoms with van der Waals surface area (Å²) < 4.78 is 0. The van der Waals surface area contributed by atoms with Crippen LogP contribution in [0.2, 0.25) is 5.02 Å². The molecule has 1 aliphatic heterocycles. The smallest absolute Gasteiger partial charge is 0.0683 e. The number of rotatable bonds is 1. The summed E-state index contributed by atoms with van der Waals surface area (Å²) in [6.07, 6.45) is 0. The van der Waals surface area contributed by atoms with Gasteiger partial charge in [-0.3, -0.25) is 5.32 Å².